The quantitative estimate of drug-likeness (QED) is 0.689. The molecule has 0 aliphatic carbocycles. The Hall–Kier alpha value is -0.700. The Bertz CT molecular complexity index is 216. The normalized spacial score (nSPS) is 9.91. The molecule has 0 bridgehead atoms. The van der Waals surface area contributed by atoms with Gasteiger partial charge in [-0.15, -0.1) is 11.3 Å². The lowest BCUT2D eigenvalue weighted by Gasteiger charge is -1.97. The predicted molar refractivity (Wildman–Crippen MR) is 48.5 cm³/mol. The van der Waals surface area contributed by atoms with E-state index < -0.39 is 0 Å². The first-order valence-corrected chi connectivity index (χ1v) is 4.64. The summed E-state index contributed by atoms with van der Waals surface area (Å²) in [6.45, 7) is 2.10. The van der Waals surface area contributed by atoms with Crippen molar-refractivity contribution in [3.8, 4) is 0 Å². The van der Waals surface area contributed by atoms with E-state index in [0.29, 0.717) is 0 Å². The summed E-state index contributed by atoms with van der Waals surface area (Å²) in [5.41, 5.74) is 2.63. The van der Waals surface area contributed by atoms with Crippen LogP contribution in [0.5, 0.6) is 0 Å². The van der Waals surface area contributed by atoms with Gasteiger partial charge in [0.1, 0.15) is 0 Å². The second-order valence-corrected chi connectivity index (χ2v) is 3.47. The summed E-state index contributed by atoms with van der Waals surface area (Å²) in [5.74, 6) is 0. The van der Waals surface area contributed by atoms with Gasteiger partial charge in [-0.05, 0) is 6.42 Å². The lowest BCUT2D eigenvalue weighted by molar-refractivity contribution is 0.967. The van der Waals surface area contributed by atoms with Crippen LogP contribution in [-0.2, 0) is 6.42 Å². The Labute approximate surface area is 70.8 Å². The van der Waals surface area contributed by atoms with Crippen LogP contribution in [0.2, 0.25) is 0 Å². The van der Waals surface area contributed by atoms with Crippen molar-refractivity contribution in [1.82, 2.24) is 4.98 Å². The van der Waals surface area contributed by atoms with E-state index in [4.69, 9.17) is 5.41 Å². The van der Waals surface area contributed by atoms with Crippen molar-refractivity contribution in [2.75, 3.05) is 0 Å². The molecule has 0 saturated heterocycles. The van der Waals surface area contributed by atoms with E-state index >= 15 is 0 Å². The second-order valence-electron chi connectivity index (χ2n) is 2.50. The molecule has 0 spiro atoms. The third kappa shape index (κ3) is 2.80. The molecular formula is C8H12N2S. The number of rotatable bonds is 4. The molecule has 0 saturated carbocycles. The summed E-state index contributed by atoms with van der Waals surface area (Å²) in [5, 5.41) is 7.54. The Morgan fingerprint density at radius 3 is 3.09 bits per heavy atom. The third-order valence-corrected chi connectivity index (χ3v) is 2.20. The predicted octanol–water partition coefficient (Wildman–Crippen LogP) is 2.51. The summed E-state index contributed by atoms with van der Waals surface area (Å²) in [6.07, 6.45) is 4.61. The molecule has 0 aromatic carbocycles. The van der Waals surface area contributed by atoms with E-state index in [0.717, 1.165) is 25.0 Å². The van der Waals surface area contributed by atoms with Gasteiger partial charge in [-0.3, -0.25) is 4.98 Å². The first-order valence-electron chi connectivity index (χ1n) is 3.76. The van der Waals surface area contributed by atoms with Crippen LogP contribution in [0, 0.1) is 5.41 Å². The monoisotopic (exact) mass is 168 g/mol. The van der Waals surface area contributed by atoms with E-state index in [2.05, 4.69) is 11.9 Å². The van der Waals surface area contributed by atoms with E-state index in [1.54, 1.807) is 11.3 Å². The molecular weight excluding hydrogens is 156 g/mol. The fourth-order valence-electron chi connectivity index (χ4n) is 0.930. The molecule has 1 heterocycles. The van der Waals surface area contributed by atoms with Gasteiger partial charge in [0.15, 0.2) is 0 Å². The minimum absolute atomic E-state index is 0.790. The molecule has 1 rings (SSSR count). The number of aromatic nitrogens is 1. The van der Waals surface area contributed by atoms with Crippen LogP contribution in [0.3, 0.4) is 0 Å². The number of thiazole rings is 1. The highest BCUT2D eigenvalue weighted by molar-refractivity contribution is 7.09. The smallest absolute Gasteiger partial charge is 0.0794 e. The molecule has 0 aliphatic rings. The first-order chi connectivity index (χ1) is 5.33. The third-order valence-electron chi connectivity index (χ3n) is 1.42. The maximum absolute atomic E-state index is 7.54. The summed E-state index contributed by atoms with van der Waals surface area (Å²) in [6, 6.07) is 0. The average Bonchev–Trinajstić information content (AvgIpc) is 2.40. The second kappa shape index (κ2) is 4.23. The number of hydrogen-bond acceptors (Lipinski definition) is 3. The van der Waals surface area contributed by atoms with Crippen LogP contribution < -0.4 is 0 Å². The standard InChI is InChI=1S/C8H12N2S/c1-2-3-7(9)4-8-5-10-6-11-8/h5-6,9H,2-4H2,1H3. The Balaban J connectivity index is 2.37. The van der Waals surface area contributed by atoms with Gasteiger partial charge >= 0.3 is 0 Å². The van der Waals surface area contributed by atoms with Crippen LogP contribution in [0.25, 0.3) is 0 Å². The first kappa shape index (κ1) is 8.40. The molecule has 11 heavy (non-hydrogen) atoms. The molecule has 3 heteroatoms. The van der Waals surface area contributed by atoms with Crippen molar-refractivity contribution in [1.29, 1.82) is 5.41 Å². The van der Waals surface area contributed by atoms with Gasteiger partial charge in [-0.2, -0.15) is 0 Å². The van der Waals surface area contributed by atoms with Gasteiger partial charge in [0.05, 0.1) is 5.51 Å². The maximum atomic E-state index is 7.54. The van der Waals surface area contributed by atoms with Crippen molar-refractivity contribution in [2.24, 2.45) is 0 Å². The molecule has 0 aliphatic heterocycles. The van der Waals surface area contributed by atoms with Gasteiger partial charge in [-0.1, -0.05) is 13.3 Å². The highest BCUT2D eigenvalue weighted by Crippen LogP contribution is 2.08. The zero-order valence-electron chi connectivity index (χ0n) is 6.63. The molecule has 0 radical (unpaired) electrons. The zero-order chi connectivity index (χ0) is 8.10. The fraction of sp³-hybridized carbons (Fsp3) is 0.500. The van der Waals surface area contributed by atoms with Crippen molar-refractivity contribution in [3.63, 3.8) is 0 Å². The lowest BCUT2D eigenvalue weighted by Crippen LogP contribution is -1.98. The molecule has 1 aromatic rings. The summed E-state index contributed by atoms with van der Waals surface area (Å²) in [7, 11) is 0. The topological polar surface area (TPSA) is 36.7 Å². The molecule has 1 N–H and O–H groups in total. The minimum Gasteiger partial charge on any atom is -0.309 e. The van der Waals surface area contributed by atoms with Crippen LogP contribution in [0.4, 0.5) is 0 Å². The zero-order valence-corrected chi connectivity index (χ0v) is 7.45. The SMILES string of the molecule is CCCC(=N)Cc1cncs1. The molecule has 60 valence electrons. The van der Waals surface area contributed by atoms with Crippen LogP contribution in [0.1, 0.15) is 24.6 Å². The molecule has 0 fully saturated rings. The van der Waals surface area contributed by atoms with E-state index in [-0.39, 0.29) is 0 Å². The van der Waals surface area contributed by atoms with Crippen molar-refractivity contribution >= 4 is 17.0 Å². The molecule has 0 unspecified atom stereocenters. The van der Waals surface area contributed by atoms with Gasteiger partial charge in [-0.25, -0.2) is 0 Å². The van der Waals surface area contributed by atoms with Crippen LogP contribution >= 0.6 is 11.3 Å². The average molecular weight is 168 g/mol. The largest absolute Gasteiger partial charge is 0.309 e. The molecule has 2 nitrogen and oxygen atoms in total. The molecule has 0 amide bonds. The van der Waals surface area contributed by atoms with Crippen molar-refractivity contribution in [2.45, 2.75) is 26.2 Å². The number of nitrogens with one attached hydrogen (secondary N) is 1. The van der Waals surface area contributed by atoms with E-state index in [9.17, 15) is 0 Å². The van der Waals surface area contributed by atoms with Gasteiger partial charge in [0.2, 0.25) is 0 Å². The van der Waals surface area contributed by atoms with E-state index in [1.807, 2.05) is 11.7 Å². The van der Waals surface area contributed by atoms with Crippen molar-refractivity contribution in [3.05, 3.63) is 16.6 Å². The Morgan fingerprint density at radius 2 is 2.55 bits per heavy atom. The Morgan fingerprint density at radius 1 is 1.73 bits per heavy atom. The number of nitrogens with zero attached hydrogens (tertiary/aromatic N) is 1. The fourth-order valence-corrected chi connectivity index (χ4v) is 1.57. The molecule has 1 aromatic heterocycles. The summed E-state index contributed by atoms with van der Waals surface area (Å²) >= 11 is 1.63. The Kier molecular flexibility index (Phi) is 3.23. The summed E-state index contributed by atoms with van der Waals surface area (Å²) in [4.78, 5) is 5.15. The molecule has 0 atom stereocenters. The highest BCUT2D eigenvalue weighted by atomic mass is 32.1. The van der Waals surface area contributed by atoms with E-state index in [1.165, 1.54) is 4.88 Å². The van der Waals surface area contributed by atoms with Gasteiger partial charge < -0.3 is 5.41 Å². The number of hydrogen-bond donors (Lipinski definition) is 1. The lowest BCUT2D eigenvalue weighted by atomic mass is 10.1. The van der Waals surface area contributed by atoms with Gasteiger partial charge in [0.25, 0.3) is 0 Å². The van der Waals surface area contributed by atoms with Crippen molar-refractivity contribution < 1.29 is 0 Å². The minimum atomic E-state index is 0.790. The van der Waals surface area contributed by atoms with Gasteiger partial charge in [0, 0.05) is 23.2 Å². The van der Waals surface area contributed by atoms with Crippen LogP contribution in [-0.4, -0.2) is 10.7 Å². The van der Waals surface area contributed by atoms with Crippen LogP contribution in [0.15, 0.2) is 11.7 Å². The summed E-state index contributed by atoms with van der Waals surface area (Å²) < 4.78 is 0. The highest BCUT2D eigenvalue weighted by Gasteiger charge is 1.98. The maximum Gasteiger partial charge on any atom is 0.0794 e.